The van der Waals surface area contributed by atoms with E-state index in [4.69, 9.17) is 9.47 Å². The summed E-state index contributed by atoms with van der Waals surface area (Å²) in [6.07, 6.45) is 3.37. The number of benzene rings is 2. The van der Waals surface area contributed by atoms with E-state index in [9.17, 15) is 4.79 Å². The van der Waals surface area contributed by atoms with Crippen molar-refractivity contribution in [2.45, 2.75) is 38.3 Å². The maximum Gasteiger partial charge on any atom is 0.407 e. The third-order valence-corrected chi connectivity index (χ3v) is 5.94. The standard InChI is InChI=1S/C23H28N2O3/c1-16-4-3-12-25(16)13-11-17-5-7-18(8-6-17)20-10-9-19(14-22(20)27-2)21-15-28-23(26)24-21/h5-10,14,16,21H,3-4,11-13,15H2,1-2H3,(H,24,26)/t16-,21?/m1/s1. The van der Waals surface area contributed by atoms with Crippen molar-refractivity contribution in [3.8, 4) is 16.9 Å². The minimum absolute atomic E-state index is 0.120. The zero-order valence-corrected chi connectivity index (χ0v) is 16.6. The fraction of sp³-hybridized carbons (Fsp3) is 0.435. The fourth-order valence-corrected chi connectivity index (χ4v) is 4.18. The Hall–Kier alpha value is -2.53. The molecule has 2 aromatic carbocycles. The first kappa shape index (κ1) is 18.8. The van der Waals surface area contributed by atoms with E-state index in [0.717, 1.165) is 41.4 Å². The third-order valence-electron chi connectivity index (χ3n) is 5.94. The van der Waals surface area contributed by atoms with Crippen LogP contribution in [0.3, 0.4) is 0 Å². The number of nitrogens with one attached hydrogen (secondary N) is 1. The summed E-state index contributed by atoms with van der Waals surface area (Å²) in [5, 5.41) is 2.81. The Kier molecular flexibility index (Phi) is 5.53. The van der Waals surface area contributed by atoms with E-state index in [1.165, 1.54) is 24.9 Å². The first-order chi connectivity index (χ1) is 13.6. The maximum absolute atomic E-state index is 11.3. The Bertz CT molecular complexity index is 834. The highest BCUT2D eigenvalue weighted by Gasteiger charge is 2.24. The summed E-state index contributed by atoms with van der Waals surface area (Å²) >= 11 is 0. The van der Waals surface area contributed by atoms with Crippen molar-refractivity contribution >= 4 is 6.09 Å². The van der Waals surface area contributed by atoms with Gasteiger partial charge in [-0.2, -0.15) is 0 Å². The Labute approximate surface area is 166 Å². The van der Waals surface area contributed by atoms with E-state index in [1.54, 1.807) is 7.11 Å². The van der Waals surface area contributed by atoms with Crippen LogP contribution >= 0.6 is 0 Å². The molecular formula is C23H28N2O3. The van der Waals surface area contributed by atoms with E-state index in [2.05, 4.69) is 47.5 Å². The normalized spacial score (nSPS) is 22.1. The van der Waals surface area contributed by atoms with Crippen LogP contribution in [0.1, 0.15) is 36.9 Å². The summed E-state index contributed by atoms with van der Waals surface area (Å²) in [5.74, 6) is 0.803. The van der Waals surface area contributed by atoms with Gasteiger partial charge in [0.25, 0.3) is 0 Å². The van der Waals surface area contributed by atoms with Crippen LogP contribution in [0, 0.1) is 0 Å². The number of amides is 1. The number of nitrogens with zero attached hydrogens (tertiary/aromatic N) is 1. The van der Waals surface area contributed by atoms with Crippen molar-refractivity contribution in [3.05, 3.63) is 53.6 Å². The van der Waals surface area contributed by atoms with Gasteiger partial charge in [0.15, 0.2) is 0 Å². The smallest absolute Gasteiger partial charge is 0.407 e. The number of likely N-dealkylation sites (tertiary alicyclic amines) is 1. The highest BCUT2D eigenvalue weighted by molar-refractivity contribution is 5.73. The quantitative estimate of drug-likeness (QED) is 0.817. The van der Waals surface area contributed by atoms with E-state index < -0.39 is 0 Å². The molecule has 0 aliphatic carbocycles. The van der Waals surface area contributed by atoms with Crippen molar-refractivity contribution in [1.82, 2.24) is 10.2 Å². The van der Waals surface area contributed by atoms with E-state index in [0.29, 0.717) is 6.61 Å². The molecule has 5 heteroatoms. The molecule has 2 fully saturated rings. The summed E-state index contributed by atoms with van der Waals surface area (Å²) < 4.78 is 10.6. The zero-order chi connectivity index (χ0) is 19.5. The van der Waals surface area contributed by atoms with Gasteiger partial charge in [-0.3, -0.25) is 0 Å². The Morgan fingerprint density at radius 1 is 1.21 bits per heavy atom. The first-order valence-corrected chi connectivity index (χ1v) is 10.1. The largest absolute Gasteiger partial charge is 0.496 e. The second-order valence-corrected chi connectivity index (χ2v) is 7.73. The van der Waals surface area contributed by atoms with Gasteiger partial charge in [-0.15, -0.1) is 0 Å². The van der Waals surface area contributed by atoms with Gasteiger partial charge in [0.2, 0.25) is 0 Å². The number of ether oxygens (including phenoxy) is 2. The second kappa shape index (κ2) is 8.23. The van der Waals surface area contributed by atoms with Gasteiger partial charge < -0.3 is 19.7 Å². The lowest BCUT2D eigenvalue weighted by Gasteiger charge is -2.20. The number of carbonyl (C=O) groups excluding carboxylic acids is 1. The van der Waals surface area contributed by atoms with Gasteiger partial charge in [0, 0.05) is 18.2 Å². The molecule has 0 spiro atoms. The Morgan fingerprint density at radius 3 is 2.68 bits per heavy atom. The summed E-state index contributed by atoms with van der Waals surface area (Å²) in [7, 11) is 1.68. The van der Waals surface area contributed by atoms with Gasteiger partial charge in [-0.05, 0) is 55.5 Å². The molecule has 0 aromatic heterocycles. The predicted octanol–water partition coefficient (Wildman–Crippen LogP) is 4.17. The van der Waals surface area contributed by atoms with E-state index >= 15 is 0 Å². The molecule has 28 heavy (non-hydrogen) atoms. The van der Waals surface area contributed by atoms with Crippen LogP contribution in [-0.2, 0) is 11.2 Å². The molecule has 2 aromatic rings. The number of cyclic esters (lactones) is 1. The van der Waals surface area contributed by atoms with Gasteiger partial charge >= 0.3 is 6.09 Å². The van der Waals surface area contributed by atoms with Crippen molar-refractivity contribution in [2.75, 3.05) is 26.8 Å². The lowest BCUT2D eigenvalue weighted by Crippen LogP contribution is -2.28. The molecule has 2 heterocycles. The third kappa shape index (κ3) is 3.99. The number of hydrogen-bond acceptors (Lipinski definition) is 4. The monoisotopic (exact) mass is 380 g/mol. The molecule has 2 aliphatic rings. The van der Waals surface area contributed by atoms with Gasteiger partial charge in [-0.25, -0.2) is 4.79 Å². The molecule has 2 atom stereocenters. The van der Waals surface area contributed by atoms with Crippen LogP contribution in [-0.4, -0.2) is 43.8 Å². The molecule has 1 N–H and O–H groups in total. The molecule has 2 saturated heterocycles. The zero-order valence-electron chi connectivity index (χ0n) is 16.6. The molecule has 0 bridgehead atoms. The molecule has 0 saturated carbocycles. The summed E-state index contributed by atoms with van der Waals surface area (Å²) in [4.78, 5) is 13.9. The fourth-order valence-electron chi connectivity index (χ4n) is 4.18. The van der Waals surface area contributed by atoms with Crippen LogP contribution in [0.25, 0.3) is 11.1 Å². The Balaban J connectivity index is 1.46. The van der Waals surface area contributed by atoms with Gasteiger partial charge in [0.1, 0.15) is 12.4 Å². The van der Waals surface area contributed by atoms with Crippen LogP contribution in [0.2, 0.25) is 0 Å². The Morgan fingerprint density at radius 2 is 2.04 bits per heavy atom. The van der Waals surface area contributed by atoms with Crippen molar-refractivity contribution < 1.29 is 14.3 Å². The van der Waals surface area contributed by atoms with E-state index in [1.807, 2.05) is 12.1 Å². The minimum Gasteiger partial charge on any atom is -0.496 e. The molecule has 1 unspecified atom stereocenters. The van der Waals surface area contributed by atoms with Crippen LogP contribution < -0.4 is 10.1 Å². The number of methoxy groups -OCH3 is 1. The average molecular weight is 380 g/mol. The molecule has 148 valence electrons. The topological polar surface area (TPSA) is 50.8 Å². The molecule has 4 rings (SSSR count). The lowest BCUT2D eigenvalue weighted by atomic mass is 9.98. The highest BCUT2D eigenvalue weighted by Crippen LogP contribution is 2.33. The molecule has 2 aliphatic heterocycles. The number of rotatable bonds is 6. The lowest BCUT2D eigenvalue weighted by molar-refractivity contribution is 0.177. The van der Waals surface area contributed by atoms with Crippen LogP contribution in [0.4, 0.5) is 4.79 Å². The highest BCUT2D eigenvalue weighted by atomic mass is 16.6. The molecule has 5 nitrogen and oxygen atoms in total. The average Bonchev–Trinajstić information content (AvgIpc) is 3.34. The SMILES string of the molecule is COc1cc(C2COC(=O)N2)ccc1-c1ccc(CCN2CCC[C@H]2C)cc1. The van der Waals surface area contributed by atoms with E-state index in [-0.39, 0.29) is 12.1 Å². The van der Waals surface area contributed by atoms with Gasteiger partial charge in [0.05, 0.1) is 13.2 Å². The van der Waals surface area contributed by atoms with Crippen LogP contribution in [0.5, 0.6) is 5.75 Å². The second-order valence-electron chi connectivity index (χ2n) is 7.73. The number of carbonyl (C=O) groups is 1. The number of alkyl carbamates (subject to hydrolysis) is 1. The van der Waals surface area contributed by atoms with Crippen molar-refractivity contribution in [3.63, 3.8) is 0 Å². The molecular weight excluding hydrogens is 352 g/mol. The number of hydrogen-bond donors (Lipinski definition) is 1. The van der Waals surface area contributed by atoms with Crippen molar-refractivity contribution in [1.29, 1.82) is 0 Å². The summed E-state index contributed by atoms with van der Waals surface area (Å²) in [5.41, 5.74) is 4.54. The first-order valence-electron chi connectivity index (χ1n) is 10.1. The predicted molar refractivity (Wildman–Crippen MR) is 110 cm³/mol. The minimum atomic E-state index is -0.369. The summed E-state index contributed by atoms with van der Waals surface area (Å²) in [6.45, 7) is 5.05. The summed E-state index contributed by atoms with van der Waals surface area (Å²) in [6, 6.07) is 15.4. The molecule has 0 radical (unpaired) electrons. The maximum atomic E-state index is 11.3. The van der Waals surface area contributed by atoms with Crippen LogP contribution in [0.15, 0.2) is 42.5 Å². The van der Waals surface area contributed by atoms with Crippen molar-refractivity contribution in [2.24, 2.45) is 0 Å². The molecule has 1 amide bonds. The van der Waals surface area contributed by atoms with Gasteiger partial charge in [-0.1, -0.05) is 36.4 Å².